The van der Waals surface area contributed by atoms with Gasteiger partial charge in [-0.2, -0.15) is 10.2 Å². The first-order chi connectivity index (χ1) is 15.7. The van der Waals surface area contributed by atoms with E-state index in [1.165, 1.54) is 12.6 Å². The van der Waals surface area contributed by atoms with Crippen molar-refractivity contribution in [2.75, 3.05) is 6.54 Å². The third-order valence-corrected chi connectivity index (χ3v) is 8.75. The number of carbonyl (C=O) groups excluding carboxylic acids is 1. The predicted molar refractivity (Wildman–Crippen MR) is 123 cm³/mol. The Morgan fingerprint density at radius 1 is 1.30 bits per heavy atom. The molecule has 178 valence electrons. The fourth-order valence-electron chi connectivity index (χ4n) is 7.08. The summed E-state index contributed by atoms with van der Waals surface area (Å²) >= 11 is 12.3. The Balaban J connectivity index is 1.21. The highest BCUT2D eigenvalue weighted by molar-refractivity contribution is 6.41. The number of nitrogens with one attached hydrogen (secondary N) is 1. The Bertz CT molecular complexity index is 1080. The van der Waals surface area contributed by atoms with Gasteiger partial charge in [-0.3, -0.25) is 24.3 Å². The van der Waals surface area contributed by atoms with Gasteiger partial charge < -0.3 is 5.32 Å². The molecule has 6 rings (SSSR count). The van der Waals surface area contributed by atoms with Gasteiger partial charge >= 0.3 is 5.69 Å². The number of hydrogen-bond acceptors (Lipinski definition) is 5. The molecule has 9 nitrogen and oxygen atoms in total. The Morgan fingerprint density at radius 2 is 2.03 bits per heavy atom. The second kappa shape index (κ2) is 8.27. The number of nitrogens with zero attached hydrogens (tertiary/aromatic N) is 5. The molecular weight excluding hydrogens is 467 g/mol. The minimum absolute atomic E-state index is 0.0336. The average Bonchev–Trinajstić information content (AvgIpc) is 3.32. The number of amides is 1. The van der Waals surface area contributed by atoms with E-state index in [9.17, 15) is 14.9 Å². The summed E-state index contributed by atoms with van der Waals surface area (Å²) in [5.41, 5.74) is 0.479. The van der Waals surface area contributed by atoms with Gasteiger partial charge in [0.1, 0.15) is 22.6 Å². The van der Waals surface area contributed by atoms with Crippen LogP contribution >= 0.6 is 23.2 Å². The molecule has 4 fully saturated rings. The molecule has 1 N–H and O–H groups in total. The van der Waals surface area contributed by atoms with E-state index in [0.717, 1.165) is 32.1 Å². The van der Waals surface area contributed by atoms with Crippen LogP contribution in [0.1, 0.15) is 57.1 Å². The van der Waals surface area contributed by atoms with E-state index in [4.69, 9.17) is 23.2 Å². The minimum atomic E-state index is -0.390. The van der Waals surface area contributed by atoms with Crippen LogP contribution in [0.2, 0.25) is 10.2 Å². The second-order valence-electron chi connectivity index (χ2n) is 10.4. The number of aryl methyl sites for hydroxylation is 2. The van der Waals surface area contributed by atoms with Crippen LogP contribution in [0.4, 0.5) is 5.69 Å². The number of aromatic nitrogens is 4. The third kappa shape index (κ3) is 4.14. The Kier molecular flexibility index (Phi) is 5.68. The van der Waals surface area contributed by atoms with Gasteiger partial charge in [-0.25, -0.2) is 0 Å². The van der Waals surface area contributed by atoms with Gasteiger partial charge in [0.05, 0.1) is 16.2 Å². The maximum Gasteiger partial charge on any atom is 0.307 e. The summed E-state index contributed by atoms with van der Waals surface area (Å²) in [7, 11) is 0. The van der Waals surface area contributed by atoms with Gasteiger partial charge in [-0.1, -0.05) is 23.2 Å². The van der Waals surface area contributed by atoms with Gasteiger partial charge in [0.15, 0.2) is 0 Å². The van der Waals surface area contributed by atoms with E-state index in [-0.39, 0.29) is 27.5 Å². The number of hydrogen-bond donors (Lipinski definition) is 1. The third-order valence-electron chi connectivity index (χ3n) is 7.82. The van der Waals surface area contributed by atoms with Crippen molar-refractivity contribution in [1.29, 1.82) is 0 Å². The molecule has 1 amide bonds. The molecule has 4 aliphatic carbocycles. The van der Waals surface area contributed by atoms with Crippen molar-refractivity contribution in [1.82, 2.24) is 24.9 Å². The van der Waals surface area contributed by atoms with Crippen molar-refractivity contribution >= 4 is 34.8 Å². The normalized spacial score (nSPS) is 30.0. The molecule has 4 bridgehead atoms. The zero-order chi connectivity index (χ0) is 23.4. The lowest BCUT2D eigenvalue weighted by molar-refractivity contribution is -0.385. The van der Waals surface area contributed by atoms with Gasteiger partial charge in [-0.15, -0.1) is 0 Å². The van der Waals surface area contributed by atoms with Crippen LogP contribution in [0, 0.1) is 34.3 Å². The topological polar surface area (TPSA) is 108 Å². The Labute approximate surface area is 201 Å². The summed E-state index contributed by atoms with van der Waals surface area (Å²) in [6.45, 7) is 2.94. The molecule has 11 heteroatoms. The molecule has 2 unspecified atom stereocenters. The molecule has 0 aliphatic heterocycles. The lowest BCUT2D eigenvalue weighted by Crippen LogP contribution is -2.57. The lowest BCUT2D eigenvalue weighted by atomic mass is 9.46. The Hall–Kier alpha value is -2.13. The summed E-state index contributed by atoms with van der Waals surface area (Å²) in [4.78, 5) is 23.7. The maximum atomic E-state index is 12.9. The van der Waals surface area contributed by atoms with Crippen LogP contribution in [0.3, 0.4) is 0 Å². The van der Waals surface area contributed by atoms with Crippen molar-refractivity contribution in [3.05, 3.63) is 38.4 Å². The van der Waals surface area contributed by atoms with E-state index in [1.807, 2.05) is 11.6 Å². The van der Waals surface area contributed by atoms with Crippen LogP contribution in [-0.2, 0) is 16.9 Å². The molecule has 0 aromatic carbocycles. The second-order valence-corrected chi connectivity index (χ2v) is 11.1. The van der Waals surface area contributed by atoms with Gasteiger partial charge in [0.25, 0.3) is 0 Å². The number of halogens is 2. The monoisotopic (exact) mass is 494 g/mol. The molecule has 0 radical (unpaired) electrons. The summed E-state index contributed by atoms with van der Waals surface area (Å²) in [6, 6.07) is 0. The van der Waals surface area contributed by atoms with E-state index in [0.29, 0.717) is 53.6 Å². The largest absolute Gasteiger partial charge is 0.356 e. The van der Waals surface area contributed by atoms with E-state index < -0.39 is 0 Å². The molecule has 0 saturated heterocycles. The summed E-state index contributed by atoms with van der Waals surface area (Å²) in [5, 5.41) is 23.9. The smallest absolute Gasteiger partial charge is 0.307 e. The maximum absolute atomic E-state index is 12.9. The van der Waals surface area contributed by atoms with Crippen molar-refractivity contribution in [3.63, 3.8) is 0 Å². The van der Waals surface area contributed by atoms with Gasteiger partial charge in [-0.05, 0) is 69.1 Å². The molecule has 2 aromatic heterocycles. The van der Waals surface area contributed by atoms with Crippen molar-refractivity contribution < 1.29 is 9.72 Å². The standard InChI is InChI=1S/C22H28Cl2N6O3/c1-14-19(23)20(24)28(27-14)4-2-3-25-18(31)10-21-6-15-5-16(7-21)9-22(8-15,13-21)29-12-17(11-26-29)30(32)33/h11-12,15-16H,2-10,13H2,1H3,(H,25,31). The van der Waals surface area contributed by atoms with E-state index in [2.05, 4.69) is 15.5 Å². The van der Waals surface area contributed by atoms with Crippen LogP contribution in [0.25, 0.3) is 0 Å². The first-order valence-corrected chi connectivity index (χ1v) is 12.3. The first-order valence-electron chi connectivity index (χ1n) is 11.5. The van der Waals surface area contributed by atoms with E-state index in [1.54, 1.807) is 10.9 Å². The number of rotatable bonds is 8. The zero-order valence-electron chi connectivity index (χ0n) is 18.6. The molecular formula is C22H28Cl2N6O3. The molecule has 2 aromatic rings. The summed E-state index contributed by atoms with van der Waals surface area (Å²) in [5.74, 6) is 1.17. The highest BCUT2D eigenvalue weighted by atomic mass is 35.5. The molecule has 4 saturated carbocycles. The summed E-state index contributed by atoms with van der Waals surface area (Å²) in [6.07, 6.45) is 10.3. The fraction of sp³-hybridized carbons (Fsp3) is 0.682. The number of nitro groups is 1. The highest BCUT2D eigenvalue weighted by Crippen LogP contribution is 2.65. The fourth-order valence-corrected chi connectivity index (χ4v) is 7.48. The molecule has 33 heavy (non-hydrogen) atoms. The van der Waals surface area contributed by atoms with Gasteiger partial charge in [0, 0.05) is 19.5 Å². The summed E-state index contributed by atoms with van der Waals surface area (Å²) < 4.78 is 3.51. The van der Waals surface area contributed by atoms with Crippen molar-refractivity contribution in [2.24, 2.45) is 17.3 Å². The minimum Gasteiger partial charge on any atom is -0.356 e. The van der Waals surface area contributed by atoms with Crippen LogP contribution < -0.4 is 5.32 Å². The SMILES string of the molecule is Cc1nn(CCCNC(=O)CC23CC4CC(C2)CC(n2cc([N+](=O)[O-])cn2)(C4)C3)c(Cl)c1Cl. The first kappa shape index (κ1) is 22.7. The predicted octanol–water partition coefficient (Wildman–Crippen LogP) is 4.50. The van der Waals surface area contributed by atoms with Crippen LogP contribution in [-0.4, -0.2) is 36.9 Å². The average molecular weight is 495 g/mol. The van der Waals surface area contributed by atoms with E-state index >= 15 is 0 Å². The quantitative estimate of drug-likeness (QED) is 0.330. The van der Waals surface area contributed by atoms with Crippen molar-refractivity contribution in [3.8, 4) is 0 Å². The molecule has 4 aliphatic rings. The molecule has 2 heterocycles. The van der Waals surface area contributed by atoms with Crippen LogP contribution in [0.5, 0.6) is 0 Å². The van der Waals surface area contributed by atoms with Crippen molar-refractivity contribution in [2.45, 2.75) is 70.4 Å². The zero-order valence-corrected chi connectivity index (χ0v) is 20.1. The lowest BCUT2D eigenvalue weighted by Gasteiger charge is -2.61. The number of carbonyl (C=O) groups is 1. The van der Waals surface area contributed by atoms with Gasteiger partial charge in [0.2, 0.25) is 5.91 Å². The van der Waals surface area contributed by atoms with Crippen LogP contribution in [0.15, 0.2) is 12.4 Å². The highest BCUT2D eigenvalue weighted by Gasteiger charge is 2.59. The molecule has 2 atom stereocenters. The Morgan fingerprint density at radius 3 is 2.64 bits per heavy atom. The molecule has 0 spiro atoms.